The van der Waals surface area contributed by atoms with Crippen LogP contribution >= 0.6 is 0 Å². The summed E-state index contributed by atoms with van der Waals surface area (Å²) in [5, 5.41) is 14.8. The molecule has 0 saturated carbocycles. The van der Waals surface area contributed by atoms with Gasteiger partial charge in [-0.05, 0) is 24.1 Å². The molecule has 0 fully saturated rings. The molecule has 10 nitrogen and oxygen atoms in total. The van der Waals surface area contributed by atoms with Gasteiger partial charge in [0.2, 0.25) is 11.9 Å². The van der Waals surface area contributed by atoms with Gasteiger partial charge < -0.3 is 30.2 Å². The minimum Gasteiger partial charge on any atom is -0.479 e. The van der Waals surface area contributed by atoms with Gasteiger partial charge >= 0.3 is 18.0 Å². The van der Waals surface area contributed by atoms with Crippen LogP contribution in [0.2, 0.25) is 0 Å². The number of rotatable bonds is 10. The van der Waals surface area contributed by atoms with Gasteiger partial charge in [0, 0.05) is 23.5 Å². The van der Waals surface area contributed by atoms with Gasteiger partial charge in [0.05, 0.1) is 6.61 Å². The molecule has 1 heterocycles. The molecule has 10 heteroatoms. The number of aromatic amines is 1. The Balaban J connectivity index is 1.77. The third-order valence-electron chi connectivity index (χ3n) is 4.98. The molecule has 0 aliphatic heterocycles. The van der Waals surface area contributed by atoms with Crippen LogP contribution in [0.3, 0.4) is 0 Å². The van der Waals surface area contributed by atoms with E-state index in [1.54, 1.807) is 30.5 Å². The summed E-state index contributed by atoms with van der Waals surface area (Å²) in [6.45, 7) is 1.44. The zero-order valence-electron chi connectivity index (χ0n) is 18.4. The molecule has 0 spiro atoms. The summed E-state index contributed by atoms with van der Waals surface area (Å²) < 4.78 is 9.93. The third kappa shape index (κ3) is 6.35. The molecular formula is C24H25N3O7. The molecule has 2 amide bonds. The number of ether oxygens (including phenoxy) is 2. The van der Waals surface area contributed by atoms with Gasteiger partial charge in [0.25, 0.3) is 0 Å². The molecule has 34 heavy (non-hydrogen) atoms. The molecule has 3 rings (SSSR count). The van der Waals surface area contributed by atoms with Crippen molar-refractivity contribution in [2.45, 2.75) is 32.0 Å². The highest BCUT2D eigenvalue weighted by Crippen LogP contribution is 2.19. The van der Waals surface area contributed by atoms with Gasteiger partial charge in [-0.2, -0.15) is 0 Å². The Morgan fingerprint density at radius 3 is 2.38 bits per heavy atom. The number of carboxylic acid groups (broad SMARTS) is 1. The van der Waals surface area contributed by atoms with Crippen LogP contribution in [0.5, 0.6) is 0 Å². The van der Waals surface area contributed by atoms with Gasteiger partial charge in [-0.15, -0.1) is 0 Å². The van der Waals surface area contributed by atoms with Crippen LogP contribution in [0.15, 0.2) is 60.8 Å². The van der Waals surface area contributed by atoms with Crippen molar-refractivity contribution in [3.05, 3.63) is 71.9 Å². The highest BCUT2D eigenvalue weighted by atomic mass is 16.5. The van der Waals surface area contributed by atoms with E-state index in [4.69, 9.17) is 9.47 Å². The molecule has 2 atom stereocenters. The second kappa shape index (κ2) is 11.5. The SMILES string of the molecule is CCOC(=O)C(NC(=O)[C@@H](Cc1c[nH]c2ccccc12)NC(=O)OCc1ccccc1)C(=O)O. The quantitative estimate of drug-likeness (QED) is 0.264. The summed E-state index contributed by atoms with van der Waals surface area (Å²) in [5.74, 6) is -3.56. The molecule has 1 unspecified atom stereocenters. The predicted molar refractivity (Wildman–Crippen MR) is 122 cm³/mol. The van der Waals surface area contributed by atoms with E-state index < -0.39 is 36.0 Å². The zero-order chi connectivity index (χ0) is 24.5. The monoisotopic (exact) mass is 467 g/mol. The lowest BCUT2D eigenvalue weighted by Crippen LogP contribution is -2.55. The highest BCUT2D eigenvalue weighted by molar-refractivity contribution is 6.02. The molecule has 1 aromatic heterocycles. The van der Waals surface area contributed by atoms with Crippen molar-refractivity contribution in [3.63, 3.8) is 0 Å². The van der Waals surface area contributed by atoms with E-state index >= 15 is 0 Å². The van der Waals surface area contributed by atoms with Crippen LogP contribution in [0.4, 0.5) is 4.79 Å². The van der Waals surface area contributed by atoms with E-state index in [-0.39, 0.29) is 19.6 Å². The first kappa shape index (κ1) is 24.3. The lowest BCUT2D eigenvalue weighted by Gasteiger charge is -2.20. The molecule has 0 bridgehead atoms. The van der Waals surface area contributed by atoms with Crippen LogP contribution < -0.4 is 10.6 Å². The molecular weight excluding hydrogens is 442 g/mol. The third-order valence-corrected chi connectivity index (χ3v) is 4.98. The van der Waals surface area contributed by atoms with Gasteiger partial charge in [-0.25, -0.2) is 14.4 Å². The Morgan fingerprint density at radius 1 is 0.971 bits per heavy atom. The fourth-order valence-electron chi connectivity index (χ4n) is 3.33. The van der Waals surface area contributed by atoms with Crippen molar-refractivity contribution in [1.82, 2.24) is 15.6 Å². The van der Waals surface area contributed by atoms with Crippen molar-refractivity contribution >= 4 is 34.8 Å². The number of hydrogen-bond acceptors (Lipinski definition) is 6. The number of esters is 1. The summed E-state index contributed by atoms with van der Waals surface area (Å²) in [6.07, 6.45) is 0.847. The minimum absolute atomic E-state index is 0.0192. The van der Waals surface area contributed by atoms with Crippen molar-refractivity contribution < 1.29 is 33.8 Å². The molecule has 0 saturated heterocycles. The van der Waals surface area contributed by atoms with E-state index in [9.17, 15) is 24.3 Å². The molecule has 0 aliphatic carbocycles. The van der Waals surface area contributed by atoms with Crippen molar-refractivity contribution in [2.24, 2.45) is 0 Å². The number of para-hydroxylation sites is 1. The van der Waals surface area contributed by atoms with Crippen LogP contribution in [-0.4, -0.2) is 52.7 Å². The zero-order valence-corrected chi connectivity index (χ0v) is 18.4. The average Bonchev–Trinajstić information content (AvgIpc) is 3.24. The molecule has 0 aliphatic rings. The maximum Gasteiger partial charge on any atom is 0.408 e. The van der Waals surface area contributed by atoms with E-state index in [0.29, 0.717) is 5.56 Å². The van der Waals surface area contributed by atoms with Crippen LogP contribution in [-0.2, 0) is 36.9 Å². The predicted octanol–water partition coefficient (Wildman–Crippen LogP) is 2.14. The van der Waals surface area contributed by atoms with Gasteiger partial charge in [0.1, 0.15) is 12.6 Å². The molecule has 2 aromatic carbocycles. The lowest BCUT2D eigenvalue weighted by atomic mass is 10.0. The summed E-state index contributed by atoms with van der Waals surface area (Å²) in [6, 6.07) is 13.2. The second-order valence-electron chi connectivity index (χ2n) is 7.35. The summed E-state index contributed by atoms with van der Waals surface area (Å²) in [7, 11) is 0. The number of alkyl carbamates (subject to hydrolysis) is 1. The van der Waals surface area contributed by atoms with Gasteiger partial charge in [0.15, 0.2) is 0 Å². The Labute approximate surface area is 195 Å². The number of fused-ring (bicyclic) bond motifs is 1. The number of hydrogen-bond donors (Lipinski definition) is 4. The number of H-pyrrole nitrogens is 1. The van der Waals surface area contributed by atoms with Crippen molar-refractivity contribution in [2.75, 3.05) is 6.61 Å². The van der Waals surface area contributed by atoms with E-state index in [2.05, 4.69) is 15.6 Å². The number of aliphatic carboxylic acids is 1. The van der Waals surface area contributed by atoms with E-state index in [0.717, 1.165) is 16.5 Å². The Hall–Kier alpha value is -4.34. The first-order chi connectivity index (χ1) is 16.4. The topological polar surface area (TPSA) is 147 Å². The highest BCUT2D eigenvalue weighted by Gasteiger charge is 2.33. The van der Waals surface area contributed by atoms with Gasteiger partial charge in [-0.1, -0.05) is 48.5 Å². The smallest absolute Gasteiger partial charge is 0.408 e. The maximum atomic E-state index is 13.0. The number of carbonyl (C=O) groups is 4. The van der Waals surface area contributed by atoms with Crippen molar-refractivity contribution in [3.8, 4) is 0 Å². The second-order valence-corrected chi connectivity index (χ2v) is 7.35. The van der Waals surface area contributed by atoms with E-state index in [1.807, 2.05) is 30.3 Å². The Kier molecular flexibility index (Phi) is 8.22. The van der Waals surface area contributed by atoms with Crippen LogP contribution in [0, 0.1) is 0 Å². The first-order valence-electron chi connectivity index (χ1n) is 10.6. The average molecular weight is 467 g/mol. The number of aromatic nitrogens is 1. The summed E-state index contributed by atoms with van der Waals surface area (Å²) in [5.41, 5.74) is 2.30. The van der Waals surface area contributed by atoms with E-state index in [1.165, 1.54) is 6.92 Å². The minimum atomic E-state index is -1.92. The Morgan fingerprint density at radius 2 is 1.68 bits per heavy atom. The summed E-state index contributed by atoms with van der Waals surface area (Å²) in [4.78, 5) is 52.0. The first-order valence-corrected chi connectivity index (χ1v) is 10.6. The fraction of sp³-hybridized carbons (Fsp3) is 0.250. The lowest BCUT2D eigenvalue weighted by molar-refractivity contribution is -0.156. The standard InChI is InChI=1S/C24H25N3O7/c1-2-33-23(31)20(22(29)30)27-21(28)19(12-16-13-25-18-11-7-6-10-17(16)18)26-24(32)34-14-15-8-4-3-5-9-15/h3-11,13,19-20,25H,2,12,14H2,1H3,(H,26,32)(H,27,28)(H,29,30)/t19-,20?/m1/s1. The number of amides is 2. The Bertz CT molecular complexity index is 1160. The fourth-order valence-corrected chi connectivity index (χ4v) is 3.33. The van der Waals surface area contributed by atoms with Crippen LogP contribution in [0.1, 0.15) is 18.1 Å². The van der Waals surface area contributed by atoms with Crippen LogP contribution in [0.25, 0.3) is 10.9 Å². The van der Waals surface area contributed by atoms with Crippen molar-refractivity contribution in [1.29, 1.82) is 0 Å². The number of carbonyl (C=O) groups excluding carboxylic acids is 3. The van der Waals surface area contributed by atoms with Gasteiger partial charge in [-0.3, -0.25) is 4.79 Å². The maximum absolute atomic E-state index is 13.0. The number of carboxylic acids is 1. The largest absolute Gasteiger partial charge is 0.479 e. The number of nitrogens with one attached hydrogen (secondary N) is 3. The normalized spacial score (nSPS) is 12.4. The molecule has 0 radical (unpaired) electrons. The molecule has 3 aromatic rings. The molecule has 4 N–H and O–H groups in total. The summed E-state index contributed by atoms with van der Waals surface area (Å²) >= 11 is 0. The number of benzene rings is 2. The molecule has 178 valence electrons.